The average molecular weight is 301 g/mol. The third-order valence-electron chi connectivity index (χ3n) is 3.02. The first kappa shape index (κ1) is 17.4. The van der Waals surface area contributed by atoms with E-state index in [0.717, 1.165) is 6.07 Å². The maximum absolute atomic E-state index is 13.5. The monoisotopic (exact) mass is 301 g/mol. The predicted molar refractivity (Wildman–Crippen MR) is 75.4 cm³/mol. The molecule has 0 amide bonds. The van der Waals surface area contributed by atoms with Gasteiger partial charge in [0.2, 0.25) is 5.82 Å². The highest BCUT2D eigenvalue weighted by Gasteiger charge is 2.35. The molecule has 0 aromatic heterocycles. The van der Waals surface area contributed by atoms with Crippen molar-refractivity contribution in [1.82, 2.24) is 5.32 Å². The Morgan fingerprint density at radius 3 is 2.52 bits per heavy atom. The molecule has 0 spiro atoms. The topological polar surface area (TPSA) is 58.6 Å². The van der Waals surface area contributed by atoms with Gasteiger partial charge < -0.3 is 9.84 Å². The molecule has 0 saturated carbocycles. The second-order valence-corrected chi connectivity index (χ2v) is 5.62. The molecule has 0 radical (unpaired) electrons. The van der Waals surface area contributed by atoms with Gasteiger partial charge in [0.15, 0.2) is 11.6 Å². The zero-order valence-corrected chi connectivity index (χ0v) is 12.6. The quantitative estimate of drug-likeness (QED) is 0.813. The van der Waals surface area contributed by atoms with Crippen LogP contribution in [0.3, 0.4) is 0 Å². The maximum Gasteiger partial charge on any atom is 0.323 e. The molecule has 1 aromatic carbocycles. The minimum Gasteiger partial charge on any atom is -0.487 e. The Labute approximate surface area is 123 Å². The molecule has 4 nitrogen and oxygen atoms in total. The fourth-order valence-electron chi connectivity index (χ4n) is 2.25. The molecule has 0 heterocycles. The van der Waals surface area contributed by atoms with Crippen LogP contribution in [0.25, 0.3) is 0 Å². The fourth-order valence-corrected chi connectivity index (χ4v) is 2.25. The Bertz CT molecular complexity index is 508. The molecule has 2 N–H and O–H groups in total. The van der Waals surface area contributed by atoms with Gasteiger partial charge in [-0.15, -0.1) is 0 Å². The molecule has 2 unspecified atom stereocenters. The van der Waals surface area contributed by atoms with Crippen LogP contribution >= 0.6 is 0 Å². The molecular weight excluding hydrogens is 280 g/mol. The van der Waals surface area contributed by atoms with Crippen molar-refractivity contribution in [2.24, 2.45) is 0 Å². The third kappa shape index (κ3) is 4.67. The number of hydrogen-bond donors (Lipinski definition) is 2. The van der Waals surface area contributed by atoms with E-state index in [1.165, 1.54) is 19.1 Å². The van der Waals surface area contributed by atoms with Crippen molar-refractivity contribution >= 4 is 5.97 Å². The van der Waals surface area contributed by atoms with E-state index in [0.29, 0.717) is 0 Å². The van der Waals surface area contributed by atoms with Gasteiger partial charge in [0.05, 0.1) is 6.10 Å². The number of carboxylic acid groups (broad SMARTS) is 1. The standard InChI is InChI=1S/C15H21F2NO3/c1-9(2)18-15(4,14(19)20)8-10(3)21-12-7-5-6-11(16)13(12)17/h5-7,9-10,18H,8H2,1-4H3,(H,19,20). The summed E-state index contributed by atoms with van der Waals surface area (Å²) in [5, 5.41) is 12.3. The zero-order chi connectivity index (χ0) is 16.2. The van der Waals surface area contributed by atoms with Gasteiger partial charge in [-0.3, -0.25) is 10.1 Å². The number of carboxylic acids is 1. The van der Waals surface area contributed by atoms with Crippen molar-refractivity contribution in [3.63, 3.8) is 0 Å². The summed E-state index contributed by atoms with van der Waals surface area (Å²) in [4.78, 5) is 11.4. The fraction of sp³-hybridized carbons (Fsp3) is 0.533. The molecule has 1 rings (SSSR count). The zero-order valence-electron chi connectivity index (χ0n) is 12.6. The van der Waals surface area contributed by atoms with Crippen molar-refractivity contribution < 1.29 is 23.4 Å². The van der Waals surface area contributed by atoms with Gasteiger partial charge in [0.1, 0.15) is 5.54 Å². The molecule has 0 aliphatic heterocycles. The molecule has 118 valence electrons. The Morgan fingerprint density at radius 2 is 2.00 bits per heavy atom. The molecule has 6 heteroatoms. The van der Waals surface area contributed by atoms with Gasteiger partial charge in [-0.05, 0) is 39.8 Å². The second-order valence-electron chi connectivity index (χ2n) is 5.62. The highest BCUT2D eigenvalue weighted by atomic mass is 19.2. The molecule has 0 bridgehead atoms. The summed E-state index contributed by atoms with van der Waals surface area (Å²) in [6.45, 7) is 6.82. The summed E-state index contributed by atoms with van der Waals surface area (Å²) in [5.41, 5.74) is -1.21. The SMILES string of the molecule is CC(C)NC(C)(CC(C)Oc1cccc(F)c1F)C(=O)O. The largest absolute Gasteiger partial charge is 0.487 e. The van der Waals surface area contributed by atoms with Gasteiger partial charge in [0, 0.05) is 12.5 Å². The Morgan fingerprint density at radius 1 is 1.38 bits per heavy atom. The molecular formula is C15H21F2NO3. The summed E-state index contributed by atoms with van der Waals surface area (Å²) >= 11 is 0. The number of rotatable bonds is 7. The van der Waals surface area contributed by atoms with E-state index >= 15 is 0 Å². The molecule has 0 fully saturated rings. The van der Waals surface area contributed by atoms with E-state index in [-0.39, 0.29) is 18.2 Å². The first-order valence-electron chi connectivity index (χ1n) is 6.77. The van der Waals surface area contributed by atoms with E-state index < -0.39 is 29.2 Å². The van der Waals surface area contributed by atoms with Crippen LogP contribution in [0.2, 0.25) is 0 Å². The smallest absolute Gasteiger partial charge is 0.323 e. The first-order chi connectivity index (χ1) is 9.65. The van der Waals surface area contributed by atoms with Crippen LogP contribution in [0.15, 0.2) is 18.2 Å². The lowest BCUT2D eigenvalue weighted by atomic mass is 9.94. The molecule has 0 saturated heterocycles. The van der Waals surface area contributed by atoms with Gasteiger partial charge in [-0.1, -0.05) is 6.07 Å². The van der Waals surface area contributed by atoms with Crippen LogP contribution in [0.5, 0.6) is 5.75 Å². The van der Waals surface area contributed by atoms with Crippen LogP contribution in [0, 0.1) is 11.6 Å². The number of aliphatic carboxylic acids is 1. The summed E-state index contributed by atoms with van der Waals surface area (Å²) in [7, 11) is 0. The highest BCUT2D eigenvalue weighted by molar-refractivity contribution is 5.78. The second kappa shape index (κ2) is 6.85. The summed E-state index contributed by atoms with van der Waals surface area (Å²) < 4.78 is 32.0. The minimum atomic E-state index is -1.21. The summed E-state index contributed by atoms with van der Waals surface area (Å²) in [6, 6.07) is 3.60. The molecule has 0 aliphatic carbocycles. The van der Waals surface area contributed by atoms with Crippen LogP contribution in [0.4, 0.5) is 8.78 Å². The maximum atomic E-state index is 13.5. The number of benzene rings is 1. The van der Waals surface area contributed by atoms with Crippen molar-refractivity contribution in [1.29, 1.82) is 0 Å². The van der Waals surface area contributed by atoms with Crippen LogP contribution in [-0.4, -0.2) is 28.8 Å². The Kier molecular flexibility index (Phi) is 5.66. The van der Waals surface area contributed by atoms with E-state index in [1.54, 1.807) is 6.92 Å². The summed E-state index contributed by atoms with van der Waals surface area (Å²) in [5.74, 6) is -3.31. The van der Waals surface area contributed by atoms with Crippen LogP contribution in [-0.2, 0) is 4.79 Å². The normalized spacial score (nSPS) is 15.6. The Balaban J connectivity index is 2.81. The minimum absolute atomic E-state index is 0.0378. The number of nitrogens with one attached hydrogen (secondary N) is 1. The molecule has 0 aliphatic rings. The van der Waals surface area contributed by atoms with Crippen molar-refractivity contribution in [2.45, 2.75) is 51.8 Å². The average Bonchev–Trinajstić information content (AvgIpc) is 2.33. The van der Waals surface area contributed by atoms with E-state index in [2.05, 4.69) is 5.32 Å². The first-order valence-corrected chi connectivity index (χ1v) is 6.77. The number of halogens is 2. The lowest BCUT2D eigenvalue weighted by molar-refractivity contribution is -0.145. The van der Waals surface area contributed by atoms with Crippen molar-refractivity contribution in [3.8, 4) is 5.75 Å². The number of carbonyl (C=O) groups is 1. The Hall–Kier alpha value is -1.69. The van der Waals surface area contributed by atoms with E-state index in [4.69, 9.17) is 4.74 Å². The van der Waals surface area contributed by atoms with Gasteiger partial charge in [-0.25, -0.2) is 4.39 Å². The number of hydrogen-bond acceptors (Lipinski definition) is 3. The van der Waals surface area contributed by atoms with Gasteiger partial charge in [-0.2, -0.15) is 4.39 Å². The van der Waals surface area contributed by atoms with Gasteiger partial charge in [0.25, 0.3) is 0 Å². The molecule has 21 heavy (non-hydrogen) atoms. The predicted octanol–water partition coefficient (Wildman–Crippen LogP) is 2.96. The number of ether oxygens (including phenoxy) is 1. The van der Waals surface area contributed by atoms with Crippen LogP contribution < -0.4 is 10.1 Å². The van der Waals surface area contributed by atoms with Crippen LogP contribution in [0.1, 0.15) is 34.1 Å². The lowest BCUT2D eigenvalue weighted by Crippen LogP contribution is -2.54. The molecule has 1 aromatic rings. The third-order valence-corrected chi connectivity index (χ3v) is 3.02. The van der Waals surface area contributed by atoms with Crippen molar-refractivity contribution in [2.75, 3.05) is 0 Å². The van der Waals surface area contributed by atoms with E-state index in [9.17, 15) is 18.7 Å². The molecule has 2 atom stereocenters. The highest BCUT2D eigenvalue weighted by Crippen LogP contribution is 2.23. The van der Waals surface area contributed by atoms with Crippen molar-refractivity contribution in [3.05, 3.63) is 29.8 Å². The lowest BCUT2D eigenvalue weighted by Gasteiger charge is -2.31. The van der Waals surface area contributed by atoms with Gasteiger partial charge >= 0.3 is 5.97 Å². The summed E-state index contributed by atoms with van der Waals surface area (Å²) in [6.07, 6.45) is -0.495. The van der Waals surface area contributed by atoms with E-state index in [1.807, 2.05) is 13.8 Å².